The number of amides is 2. The van der Waals surface area contributed by atoms with Gasteiger partial charge in [0.1, 0.15) is 0 Å². The molecule has 4 nitrogen and oxygen atoms in total. The SMILES string of the molecule is CCC(CC(N)=S)NC(=O)Nc1ccccc1Cl. The summed E-state index contributed by atoms with van der Waals surface area (Å²) in [4.78, 5) is 12.1. The molecule has 0 spiro atoms. The largest absolute Gasteiger partial charge is 0.393 e. The van der Waals surface area contributed by atoms with Crippen molar-refractivity contribution in [3.05, 3.63) is 29.3 Å². The van der Waals surface area contributed by atoms with E-state index >= 15 is 0 Å². The van der Waals surface area contributed by atoms with Crippen LogP contribution in [0.2, 0.25) is 5.02 Å². The zero-order chi connectivity index (χ0) is 13.5. The quantitative estimate of drug-likeness (QED) is 0.729. The Hall–Kier alpha value is -1.33. The fraction of sp³-hybridized carbons (Fsp3) is 0.333. The number of benzene rings is 1. The molecular formula is C12H16ClN3OS. The lowest BCUT2D eigenvalue weighted by Gasteiger charge is -2.17. The lowest BCUT2D eigenvalue weighted by molar-refractivity contribution is 0.248. The second kappa shape index (κ2) is 7.18. The molecule has 0 bridgehead atoms. The average Bonchev–Trinajstić information content (AvgIpc) is 2.30. The molecule has 1 unspecified atom stereocenters. The van der Waals surface area contributed by atoms with Crippen molar-refractivity contribution in [3.63, 3.8) is 0 Å². The molecule has 1 atom stereocenters. The van der Waals surface area contributed by atoms with Gasteiger partial charge in [0.25, 0.3) is 0 Å². The van der Waals surface area contributed by atoms with Gasteiger partial charge in [-0.05, 0) is 18.6 Å². The summed E-state index contributed by atoms with van der Waals surface area (Å²) in [5.74, 6) is 0. The number of nitrogens with two attached hydrogens (primary N) is 1. The molecule has 6 heteroatoms. The Morgan fingerprint density at radius 1 is 1.50 bits per heavy atom. The zero-order valence-corrected chi connectivity index (χ0v) is 11.6. The van der Waals surface area contributed by atoms with Crippen LogP contribution in [0.5, 0.6) is 0 Å². The molecule has 4 N–H and O–H groups in total. The first kappa shape index (κ1) is 14.7. The summed E-state index contributed by atoms with van der Waals surface area (Å²) in [6, 6.07) is 6.66. The summed E-state index contributed by atoms with van der Waals surface area (Å²) in [6.07, 6.45) is 1.25. The molecular weight excluding hydrogens is 270 g/mol. The molecule has 0 aliphatic carbocycles. The molecule has 1 rings (SSSR count). The molecule has 0 heterocycles. The highest BCUT2D eigenvalue weighted by Crippen LogP contribution is 2.20. The molecule has 0 aliphatic heterocycles. The molecule has 0 aromatic heterocycles. The Kier molecular flexibility index (Phi) is 5.88. The highest BCUT2D eigenvalue weighted by molar-refractivity contribution is 7.80. The lowest BCUT2D eigenvalue weighted by Crippen LogP contribution is -2.39. The van der Waals surface area contributed by atoms with E-state index in [1.807, 2.05) is 6.92 Å². The maximum absolute atomic E-state index is 11.8. The van der Waals surface area contributed by atoms with Gasteiger partial charge < -0.3 is 16.4 Å². The van der Waals surface area contributed by atoms with Crippen molar-refractivity contribution in [2.45, 2.75) is 25.8 Å². The number of thiocarbonyl (C=S) groups is 1. The number of carbonyl (C=O) groups is 1. The first-order valence-electron chi connectivity index (χ1n) is 5.63. The van der Waals surface area contributed by atoms with E-state index in [1.54, 1.807) is 24.3 Å². The maximum atomic E-state index is 11.8. The summed E-state index contributed by atoms with van der Waals surface area (Å²) >= 11 is 10.8. The van der Waals surface area contributed by atoms with Crippen molar-refractivity contribution in [1.29, 1.82) is 0 Å². The van der Waals surface area contributed by atoms with Gasteiger partial charge in [-0.1, -0.05) is 42.9 Å². The van der Waals surface area contributed by atoms with Gasteiger partial charge in [-0.15, -0.1) is 0 Å². The van der Waals surface area contributed by atoms with Crippen LogP contribution < -0.4 is 16.4 Å². The molecule has 2 amide bonds. The van der Waals surface area contributed by atoms with E-state index in [1.165, 1.54) is 0 Å². The van der Waals surface area contributed by atoms with E-state index in [9.17, 15) is 4.79 Å². The van der Waals surface area contributed by atoms with Crippen molar-refractivity contribution >= 4 is 40.5 Å². The van der Waals surface area contributed by atoms with Crippen molar-refractivity contribution in [2.75, 3.05) is 5.32 Å². The van der Waals surface area contributed by atoms with Crippen LogP contribution in [0.15, 0.2) is 24.3 Å². The molecule has 0 saturated carbocycles. The summed E-state index contributed by atoms with van der Waals surface area (Å²) < 4.78 is 0. The van der Waals surface area contributed by atoms with Gasteiger partial charge in [0.05, 0.1) is 15.7 Å². The van der Waals surface area contributed by atoms with Gasteiger partial charge >= 0.3 is 6.03 Å². The Balaban J connectivity index is 2.55. The second-order valence-corrected chi connectivity index (χ2v) is 4.79. The predicted molar refractivity (Wildman–Crippen MR) is 79.1 cm³/mol. The number of urea groups is 1. The van der Waals surface area contributed by atoms with E-state index < -0.39 is 0 Å². The zero-order valence-electron chi connectivity index (χ0n) is 10.1. The molecule has 18 heavy (non-hydrogen) atoms. The van der Waals surface area contributed by atoms with Crippen molar-refractivity contribution < 1.29 is 4.79 Å². The number of rotatable bonds is 5. The maximum Gasteiger partial charge on any atom is 0.319 e. The van der Waals surface area contributed by atoms with Crippen LogP contribution >= 0.6 is 23.8 Å². The fourth-order valence-corrected chi connectivity index (χ4v) is 1.83. The van der Waals surface area contributed by atoms with Crippen LogP contribution in [0.1, 0.15) is 19.8 Å². The van der Waals surface area contributed by atoms with Gasteiger partial charge in [-0.25, -0.2) is 4.79 Å². The number of hydrogen-bond acceptors (Lipinski definition) is 2. The minimum absolute atomic E-state index is 0.0648. The van der Waals surface area contributed by atoms with Gasteiger partial charge in [0.2, 0.25) is 0 Å². The van der Waals surface area contributed by atoms with Gasteiger partial charge in [-0.3, -0.25) is 0 Å². The van der Waals surface area contributed by atoms with Crippen LogP contribution in [0.3, 0.4) is 0 Å². The number of carbonyl (C=O) groups excluding carboxylic acids is 1. The monoisotopic (exact) mass is 285 g/mol. The first-order valence-corrected chi connectivity index (χ1v) is 6.42. The smallest absolute Gasteiger partial charge is 0.319 e. The Morgan fingerprint density at radius 2 is 2.17 bits per heavy atom. The van der Waals surface area contributed by atoms with Crippen molar-refractivity contribution in [1.82, 2.24) is 5.32 Å². The van der Waals surface area contributed by atoms with Gasteiger partial charge in [-0.2, -0.15) is 0 Å². The first-order chi connectivity index (χ1) is 8.52. The third-order valence-corrected chi connectivity index (χ3v) is 2.89. The van der Waals surface area contributed by atoms with E-state index in [0.717, 1.165) is 6.42 Å². The fourth-order valence-electron chi connectivity index (χ4n) is 1.45. The van der Waals surface area contributed by atoms with E-state index in [2.05, 4.69) is 10.6 Å². The molecule has 0 fully saturated rings. The molecule has 0 saturated heterocycles. The highest BCUT2D eigenvalue weighted by atomic mass is 35.5. The number of hydrogen-bond donors (Lipinski definition) is 3. The molecule has 0 radical (unpaired) electrons. The normalized spacial score (nSPS) is 11.7. The predicted octanol–water partition coefficient (Wildman–Crippen LogP) is 2.92. The number of anilines is 1. The molecule has 1 aromatic rings. The van der Waals surface area contributed by atoms with E-state index in [4.69, 9.17) is 29.6 Å². The lowest BCUT2D eigenvalue weighted by atomic mass is 10.1. The van der Waals surface area contributed by atoms with E-state index in [0.29, 0.717) is 22.1 Å². The molecule has 0 aliphatic rings. The van der Waals surface area contributed by atoms with Crippen molar-refractivity contribution in [3.8, 4) is 0 Å². The van der Waals surface area contributed by atoms with Crippen molar-refractivity contribution in [2.24, 2.45) is 5.73 Å². The van der Waals surface area contributed by atoms with Gasteiger partial charge in [0, 0.05) is 12.5 Å². The number of halogens is 1. The Labute approximate surface area is 117 Å². The summed E-state index contributed by atoms with van der Waals surface area (Å²) in [5, 5.41) is 5.98. The van der Waals surface area contributed by atoms with Crippen LogP contribution in [0.25, 0.3) is 0 Å². The van der Waals surface area contributed by atoms with Crippen LogP contribution in [0, 0.1) is 0 Å². The number of para-hydroxylation sites is 1. The minimum Gasteiger partial charge on any atom is -0.393 e. The Bertz CT molecular complexity index is 439. The summed E-state index contributed by atoms with van der Waals surface area (Å²) in [5.41, 5.74) is 6.03. The average molecular weight is 286 g/mol. The summed E-state index contributed by atoms with van der Waals surface area (Å²) in [7, 11) is 0. The molecule has 1 aromatic carbocycles. The number of nitrogens with one attached hydrogen (secondary N) is 2. The third kappa shape index (κ3) is 4.89. The third-order valence-electron chi connectivity index (χ3n) is 2.40. The standard InChI is InChI=1S/C12H16ClN3OS/c1-2-8(7-11(14)18)15-12(17)16-10-6-4-3-5-9(10)13/h3-6,8H,2,7H2,1H3,(H2,14,18)(H2,15,16,17). The van der Waals surface area contributed by atoms with Gasteiger partial charge in [0.15, 0.2) is 0 Å². The minimum atomic E-state index is -0.314. The van der Waals surface area contributed by atoms with Crippen LogP contribution in [-0.4, -0.2) is 17.1 Å². The highest BCUT2D eigenvalue weighted by Gasteiger charge is 2.12. The Morgan fingerprint density at radius 3 is 2.72 bits per heavy atom. The van der Waals surface area contributed by atoms with Crippen LogP contribution in [-0.2, 0) is 0 Å². The second-order valence-electron chi connectivity index (χ2n) is 3.85. The van der Waals surface area contributed by atoms with E-state index in [-0.39, 0.29) is 12.1 Å². The topological polar surface area (TPSA) is 67.1 Å². The van der Waals surface area contributed by atoms with Crippen LogP contribution in [0.4, 0.5) is 10.5 Å². The summed E-state index contributed by atoms with van der Waals surface area (Å²) in [6.45, 7) is 1.96. The molecule has 98 valence electrons.